The van der Waals surface area contributed by atoms with E-state index in [1.165, 1.54) is 11.8 Å². The zero-order valence-electron chi connectivity index (χ0n) is 43.4. The topological polar surface area (TPSA) is 337 Å². The molecule has 1 saturated heterocycles. The van der Waals surface area contributed by atoms with Crippen molar-refractivity contribution in [3.63, 3.8) is 0 Å². The molecule has 1 aliphatic rings. The Hall–Kier alpha value is -8.92. The van der Waals surface area contributed by atoms with Crippen molar-refractivity contribution < 1.29 is 43.2 Å². The molecular formula is C57H64N12O9S. The zero-order valence-corrected chi connectivity index (χ0v) is 44.2. The number of nitrogens with two attached hydrogens (primary N) is 2. The maximum absolute atomic E-state index is 15.1. The lowest BCUT2D eigenvalue weighted by Gasteiger charge is -2.28. The number of primary amides is 2. The molecule has 412 valence electrons. The second-order valence-corrected chi connectivity index (χ2v) is 20.6. The fourth-order valence-electron chi connectivity index (χ4n) is 9.77. The minimum Gasteiger partial charge on any atom is -0.370 e. The number of amides is 9. The molecule has 1 fully saturated rings. The number of H-pyrrole nitrogens is 3. The summed E-state index contributed by atoms with van der Waals surface area (Å²) in [5.41, 5.74) is 16.1. The van der Waals surface area contributed by atoms with Gasteiger partial charge < -0.3 is 63.6 Å². The minimum atomic E-state index is -1.41. The molecule has 0 saturated carbocycles. The Kier molecular flexibility index (Phi) is 18.8. The van der Waals surface area contributed by atoms with Gasteiger partial charge in [-0.2, -0.15) is 11.8 Å². The molecule has 79 heavy (non-hydrogen) atoms. The number of benzene rings is 4. The fraction of sp³-hybridized carbons (Fsp3) is 0.316. The van der Waals surface area contributed by atoms with Gasteiger partial charge in [-0.05, 0) is 71.7 Å². The first kappa shape index (κ1) is 56.3. The summed E-state index contributed by atoms with van der Waals surface area (Å²) in [6, 6.07) is 22.2. The lowest BCUT2D eigenvalue weighted by molar-refractivity contribution is -0.135. The van der Waals surface area contributed by atoms with Crippen molar-refractivity contribution in [2.45, 2.75) is 100 Å². The number of nitrogens with one attached hydrogen (secondary N) is 10. The number of aromatic nitrogens is 3. The molecule has 0 spiro atoms. The molecular weight excluding hydrogens is 1030 g/mol. The van der Waals surface area contributed by atoms with Gasteiger partial charge in [-0.25, -0.2) is 0 Å². The molecule has 0 aliphatic carbocycles. The Labute approximate surface area is 458 Å². The summed E-state index contributed by atoms with van der Waals surface area (Å²) in [5, 5.41) is 21.7. The smallest absolute Gasteiger partial charge is 0.243 e. The van der Waals surface area contributed by atoms with Crippen molar-refractivity contribution >= 4 is 97.6 Å². The molecule has 7 unspecified atom stereocenters. The quantitative estimate of drug-likeness (QED) is 0.0356. The number of carbonyl (C=O) groups excluding carboxylic acids is 9. The van der Waals surface area contributed by atoms with Crippen LogP contribution in [-0.4, -0.2) is 122 Å². The summed E-state index contributed by atoms with van der Waals surface area (Å²) < 4.78 is 0. The molecule has 4 heterocycles. The second-order valence-electron chi connectivity index (χ2n) is 19.6. The highest BCUT2D eigenvalue weighted by molar-refractivity contribution is 7.98. The first-order chi connectivity index (χ1) is 38.1. The van der Waals surface area contributed by atoms with E-state index in [-0.39, 0.29) is 63.7 Å². The van der Waals surface area contributed by atoms with Crippen LogP contribution in [0.1, 0.15) is 54.4 Å². The van der Waals surface area contributed by atoms with E-state index >= 15 is 14.4 Å². The summed E-state index contributed by atoms with van der Waals surface area (Å²) in [4.78, 5) is 134. The first-order valence-electron chi connectivity index (χ1n) is 26.0. The van der Waals surface area contributed by atoms with E-state index in [0.717, 1.165) is 32.7 Å². The third-order valence-corrected chi connectivity index (χ3v) is 14.7. The molecule has 7 atom stereocenters. The number of thioether (sulfide) groups is 1. The van der Waals surface area contributed by atoms with Gasteiger partial charge in [-0.3, -0.25) is 43.2 Å². The lowest BCUT2D eigenvalue weighted by atomic mass is 9.99. The van der Waals surface area contributed by atoms with Crippen LogP contribution in [-0.2, 0) is 68.8 Å². The van der Waals surface area contributed by atoms with Crippen LogP contribution >= 0.6 is 11.8 Å². The van der Waals surface area contributed by atoms with Crippen LogP contribution in [0.25, 0.3) is 32.7 Å². The lowest BCUT2D eigenvalue weighted by Crippen LogP contribution is -2.61. The predicted molar refractivity (Wildman–Crippen MR) is 300 cm³/mol. The van der Waals surface area contributed by atoms with Crippen LogP contribution in [0.3, 0.4) is 0 Å². The van der Waals surface area contributed by atoms with Crippen LogP contribution in [0, 0.1) is 0 Å². The Balaban J connectivity index is 1.11. The Morgan fingerprint density at radius 2 is 0.924 bits per heavy atom. The molecule has 9 amide bonds. The summed E-state index contributed by atoms with van der Waals surface area (Å²) in [6.07, 6.45) is 6.69. The van der Waals surface area contributed by atoms with E-state index < -0.39 is 89.6 Å². The number of fused-ring (bicyclic) bond motifs is 3. The average Bonchev–Trinajstić information content (AvgIpc) is 4.34. The van der Waals surface area contributed by atoms with E-state index in [1.54, 1.807) is 48.9 Å². The molecule has 0 bridgehead atoms. The van der Waals surface area contributed by atoms with Crippen LogP contribution in [0.15, 0.2) is 122 Å². The zero-order chi connectivity index (χ0) is 56.0. The number of rotatable bonds is 27. The summed E-state index contributed by atoms with van der Waals surface area (Å²) >= 11 is 1.47. The molecule has 4 aromatic carbocycles. The maximum Gasteiger partial charge on any atom is 0.243 e. The van der Waals surface area contributed by atoms with E-state index in [4.69, 9.17) is 11.5 Å². The van der Waals surface area contributed by atoms with E-state index in [2.05, 4.69) is 52.2 Å². The number of carbonyl (C=O) groups is 9. The largest absolute Gasteiger partial charge is 0.370 e. The Morgan fingerprint density at radius 3 is 1.33 bits per heavy atom. The van der Waals surface area contributed by atoms with E-state index in [1.807, 2.05) is 79.1 Å². The van der Waals surface area contributed by atoms with Crippen LogP contribution in [0.4, 0.5) is 0 Å². The number of aromatic amines is 3. The van der Waals surface area contributed by atoms with Gasteiger partial charge in [0.25, 0.3) is 0 Å². The van der Waals surface area contributed by atoms with Gasteiger partial charge in [0.1, 0.15) is 42.3 Å². The summed E-state index contributed by atoms with van der Waals surface area (Å²) in [6.45, 7) is 0. The number of hydrogen-bond acceptors (Lipinski definition) is 10. The third-order valence-electron chi connectivity index (χ3n) is 14.0. The summed E-state index contributed by atoms with van der Waals surface area (Å²) in [7, 11) is 0. The maximum atomic E-state index is 15.1. The van der Waals surface area contributed by atoms with Crippen molar-refractivity contribution in [1.82, 2.24) is 52.2 Å². The van der Waals surface area contributed by atoms with E-state index in [0.29, 0.717) is 28.0 Å². The first-order valence-corrected chi connectivity index (χ1v) is 27.4. The fourth-order valence-corrected chi connectivity index (χ4v) is 10.2. The van der Waals surface area contributed by atoms with Gasteiger partial charge in [0.15, 0.2) is 0 Å². The third kappa shape index (κ3) is 14.8. The minimum absolute atomic E-state index is 0.0240. The Morgan fingerprint density at radius 1 is 0.519 bits per heavy atom. The van der Waals surface area contributed by atoms with Crippen molar-refractivity contribution in [2.24, 2.45) is 11.5 Å². The molecule has 8 rings (SSSR count). The molecule has 21 nitrogen and oxygen atoms in total. The van der Waals surface area contributed by atoms with Gasteiger partial charge in [-0.1, -0.05) is 84.9 Å². The standard InChI is InChI=1S/C57H64N12O9S/c1-79-24-23-42(51(59)72)64-55(76)46(26-33-29-60-39-16-8-5-13-36(33)39)69-57(78)48(28-35-31-62-41-18-10-7-15-38(35)41)68-54(75)45(25-32-11-3-2-4-12-32)66-56(77)47(27-34-30-61-40-17-9-6-14-37(34)40)67-53(74)44(19-21-49(58)70)65-52(73)43-20-22-50(71)63-43/h2-18,29-31,42-48,60-62H,19-28H2,1H3,(H2,58,70)(H2,59,72)(H,63,71)(H,64,76)(H,65,73)(H,66,77)(H,67,74)(H,68,75)(H,69,78). The second kappa shape index (κ2) is 26.4. The van der Waals surface area contributed by atoms with Gasteiger partial charge in [-0.15, -0.1) is 0 Å². The van der Waals surface area contributed by atoms with E-state index in [9.17, 15) is 28.8 Å². The molecule has 14 N–H and O–H groups in total. The van der Waals surface area contributed by atoms with Crippen molar-refractivity contribution in [3.05, 3.63) is 144 Å². The monoisotopic (exact) mass is 1090 g/mol. The van der Waals surface area contributed by atoms with Crippen LogP contribution < -0.4 is 48.7 Å². The normalized spacial score (nSPS) is 15.5. The molecule has 0 radical (unpaired) electrons. The molecule has 1 aliphatic heterocycles. The van der Waals surface area contributed by atoms with Gasteiger partial charge in [0.2, 0.25) is 53.2 Å². The highest BCUT2D eigenvalue weighted by atomic mass is 32.2. The Bertz CT molecular complexity index is 3360. The number of para-hydroxylation sites is 3. The van der Waals surface area contributed by atoms with Crippen LogP contribution in [0.2, 0.25) is 0 Å². The number of hydrogen-bond donors (Lipinski definition) is 12. The van der Waals surface area contributed by atoms with Gasteiger partial charge in [0.05, 0.1) is 0 Å². The molecule has 3 aromatic heterocycles. The van der Waals surface area contributed by atoms with Crippen molar-refractivity contribution in [2.75, 3.05) is 12.0 Å². The highest BCUT2D eigenvalue weighted by Crippen LogP contribution is 2.23. The molecule has 7 aromatic rings. The SMILES string of the molecule is CSCCC(NC(=O)C(Cc1c[nH]c2ccccc12)NC(=O)C(Cc1c[nH]c2ccccc12)NC(=O)C(Cc1ccccc1)NC(=O)C(Cc1c[nH]c2ccccc12)NC(=O)C(CCC(N)=O)NC(=O)C1CCC(=O)N1)C(N)=O. The van der Waals surface area contributed by atoms with Gasteiger partial charge >= 0.3 is 0 Å². The van der Waals surface area contributed by atoms with Crippen molar-refractivity contribution in [3.8, 4) is 0 Å². The van der Waals surface area contributed by atoms with Crippen molar-refractivity contribution in [1.29, 1.82) is 0 Å². The highest BCUT2D eigenvalue weighted by Gasteiger charge is 2.36. The summed E-state index contributed by atoms with van der Waals surface area (Å²) in [5.74, 6) is -5.84. The van der Waals surface area contributed by atoms with Gasteiger partial charge in [0, 0.05) is 89.8 Å². The average molecular weight is 1090 g/mol. The molecule has 22 heteroatoms. The van der Waals surface area contributed by atoms with Crippen LogP contribution in [0.5, 0.6) is 0 Å². The predicted octanol–water partition coefficient (Wildman–Crippen LogP) is 2.09.